The topological polar surface area (TPSA) is 75.3 Å². The first-order valence-corrected chi connectivity index (χ1v) is 9.91. The predicted octanol–water partition coefficient (Wildman–Crippen LogP) is 2.58. The molecule has 0 atom stereocenters. The second-order valence-electron chi connectivity index (χ2n) is 7.01. The largest absolute Gasteiger partial charge is 0.361 e. The van der Waals surface area contributed by atoms with Gasteiger partial charge in [0.2, 0.25) is 0 Å². The molecule has 0 aromatic carbocycles. The Morgan fingerprint density at radius 3 is 2.74 bits per heavy atom. The molecule has 0 N–H and O–H groups in total. The van der Waals surface area contributed by atoms with E-state index in [-0.39, 0.29) is 0 Å². The molecule has 1 saturated heterocycles. The van der Waals surface area contributed by atoms with Gasteiger partial charge in [0.25, 0.3) is 0 Å². The van der Waals surface area contributed by atoms with E-state index in [1.807, 2.05) is 35.6 Å². The average molecular weight is 380 g/mol. The van der Waals surface area contributed by atoms with Crippen LogP contribution in [-0.2, 0) is 0 Å². The van der Waals surface area contributed by atoms with Crippen LogP contribution in [0.25, 0.3) is 15.9 Å². The second-order valence-corrected chi connectivity index (χ2v) is 7.91. The van der Waals surface area contributed by atoms with Crippen molar-refractivity contribution in [2.24, 2.45) is 0 Å². The van der Waals surface area contributed by atoms with Crippen LogP contribution in [0.15, 0.2) is 29.9 Å². The summed E-state index contributed by atoms with van der Waals surface area (Å²) < 4.78 is 1.90. The number of fused-ring (bicyclic) bond motifs is 2. The molecule has 1 fully saturated rings. The standard InChI is InChI=1S/C18H20N8S/c1-24(2)15-4-3-14-21-22-16(26(14)23-15)12-5-8-25(9-6-12)17-13-7-10-27-18(13)20-11-19-17/h3-4,7,10-12H,5-6,8-9H2,1-2H3. The summed E-state index contributed by atoms with van der Waals surface area (Å²) in [5.74, 6) is 3.25. The van der Waals surface area contributed by atoms with Crippen molar-refractivity contribution in [2.75, 3.05) is 37.0 Å². The molecule has 0 spiro atoms. The van der Waals surface area contributed by atoms with E-state index < -0.39 is 0 Å². The molecule has 8 nitrogen and oxygen atoms in total. The summed E-state index contributed by atoms with van der Waals surface area (Å²) in [4.78, 5) is 14.3. The Balaban J connectivity index is 1.40. The van der Waals surface area contributed by atoms with Gasteiger partial charge in [-0.05, 0) is 36.4 Å². The summed E-state index contributed by atoms with van der Waals surface area (Å²) in [6, 6.07) is 6.06. The van der Waals surface area contributed by atoms with Gasteiger partial charge in [0.05, 0.1) is 5.39 Å². The van der Waals surface area contributed by atoms with E-state index in [0.29, 0.717) is 5.92 Å². The fourth-order valence-electron chi connectivity index (χ4n) is 3.67. The molecule has 4 aromatic heterocycles. The molecule has 0 radical (unpaired) electrons. The molecule has 5 heterocycles. The number of nitrogens with zero attached hydrogens (tertiary/aromatic N) is 8. The molecule has 138 valence electrons. The van der Waals surface area contributed by atoms with Crippen molar-refractivity contribution in [3.05, 3.63) is 35.7 Å². The first-order chi connectivity index (χ1) is 13.2. The zero-order chi connectivity index (χ0) is 18.4. The number of thiophene rings is 1. The monoisotopic (exact) mass is 380 g/mol. The molecular weight excluding hydrogens is 360 g/mol. The van der Waals surface area contributed by atoms with Gasteiger partial charge in [-0.3, -0.25) is 0 Å². The van der Waals surface area contributed by atoms with Gasteiger partial charge < -0.3 is 9.80 Å². The van der Waals surface area contributed by atoms with E-state index in [1.54, 1.807) is 17.7 Å². The maximum absolute atomic E-state index is 4.71. The Labute approximate surface area is 160 Å². The summed E-state index contributed by atoms with van der Waals surface area (Å²) in [5.41, 5.74) is 0.800. The second kappa shape index (κ2) is 6.41. The van der Waals surface area contributed by atoms with E-state index in [2.05, 4.69) is 36.5 Å². The molecule has 0 amide bonds. The first kappa shape index (κ1) is 16.4. The maximum Gasteiger partial charge on any atom is 0.178 e. The van der Waals surface area contributed by atoms with Crippen LogP contribution in [0, 0.1) is 0 Å². The normalized spacial score (nSPS) is 15.7. The molecule has 27 heavy (non-hydrogen) atoms. The van der Waals surface area contributed by atoms with Gasteiger partial charge in [-0.2, -0.15) is 4.52 Å². The lowest BCUT2D eigenvalue weighted by Crippen LogP contribution is -2.34. The Morgan fingerprint density at radius 2 is 1.93 bits per heavy atom. The molecule has 0 saturated carbocycles. The predicted molar refractivity (Wildman–Crippen MR) is 107 cm³/mol. The first-order valence-electron chi connectivity index (χ1n) is 9.03. The van der Waals surface area contributed by atoms with E-state index >= 15 is 0 Å². The number of piperidine rings is 1. The number of hydrogen-bond donors (Lipinski definition) is 0. The number of anilines is 2. The molecule has 0 unspecified atom stereocenters. The third-order valence-corrected chi connectivity index (χ3v) is 5.95. The zero-order valence-corrected chi connectivity index (χ0v) is 16.1. The Hall–Kier alpha value is -2.81. The van der Waals surface area contributed by atoms with Crippen LogP contribution in [-0.4, -0.2) is 57.0 Å². The van der Waals surface area contributed by atoms with Crippen molar-refractivity contribution in [1.29, 1.82) is 0 Å². The summed E-state index contributed by atoms with van der Waals surface area (Å²) >= 11 is 1.66. The highest BCUT2D eigenvalue weighted by Gasteiger charge is 2.26. The lowest BCUT2D eigenvalue weighted by Gasteiger charge is -2.32. The molecule has 0 aliphatic carbocycles. The lowest BCUT2D eigenvalue weighted by molar-refractivity contribution is 0.476. The van der Waals surface area contributed by atoms with E-state index in [1.165, 1.54) is 0 Å². The SMILES string of the molecule is CN(C)c1ccc2nnc(C3CCN(c4ncnc5sccc45)CC3)n2n1. The van der Waals surface area contributed by atoms with Gasteiger partial charge in [0.1, 0.15) is 22.8 Å². The van der Waals surface area contributed by atoms with Crippen LogP contribution in [0.1, 0.15) is 24.6 Å². The van der Waals surface area contributed by atoms with Crippen LogP contribution < -0.4 is 9.80 Å². The van der Waals surface area contributed by atoms with Crippen molar-refractivity contribution in [1.82, 2.24) is 29.8 Å². The van der Waals surface area contributed by atoms with Gasteiger partial charge in [-0.1, -0.05) is 0 Å². The molecule has 5 rings (SSSR count). The van der Waals surface area contributed by atoms with Gasteiger partial charge in [-0.25, -0.2) is 9.97 Å². The van der Waals surface area contributed by atoms with E-state index in [9.17, 15) is 0 Å². The smallest absolute Gasteiger partial charge is 0.178 e. The minimum absolute atomic E-state index is 0.348. The van der Waals surface area contributed by atoms with Crippen LogP contribution >= 0.6 is 11.3 Å². The zero-order valence-electron chi connectivity index (χ0n) is 15.3. The van der Waals surface area contributed by atoms with Gasteiger partial charge in [0.15, 0.2) is 11.5 Å². The third kappa shape index (κ3) is 2.78. The Bertz CT molecular complexity index is 1090. The quantitative estimate of drug-likeness (QED) is 0.541. The summed E-state index contributed by atoms with van der Waals surface area (Å²) in [7, 11) is 3.98. The van der Waals surface area contributed by atoms with Crippen molar-refractivity contribution in [2.45, 2.75) is 18.8 Å². The number of hydrogen-bond acceptors (Lipinski definition) is 8. The fourth-order valence-corrected chi connectivity index (χ4v) is 4.39. The minimum atomic E-state index is 0.348. The number of rotatable bonds is 3. The van der Waals surface area contributed by atoms with Crippen molar-refractivity contribution in [3.63, 3.8) is 0 Å². The van der Waals surface area contributed by atoms with Gasteiger partial charge in [-0.15, -0.1) is 26.6 Å². The minimum Gasteiger partial charge on any atom is -0.361 e. The fraction of sp³-hybridized carbons (Fsp3) is 0.389. The van der Waals surface area contributed by atoms with Crippen molar-refractivity contribution < 1.29 is 0 Å². The van der Waals surface area contributed by atoms with Crippen molar-refractivity contribution in [3.8, 4) is 0 Å². The van der Waals surface area contributed by atoms with Gasteiger partial charge >= 0.3 is 0 Å². The molecule has 1 aliphatic rings. The molecule has 1 aliphatic heterocycles. The van der Waals surface area contributed by atoms with E-state index in [4.69, 9.17) is 5.10 Å². The van der Waals surface area contributed by atoms with Crippen LogP contribution in [0.5, 0.6) is 0 Å². The maximum atomic E-state index is 4.71. The third-order valence-electron chi connectivity index (χ3n) is 5.13. The Kier molecular flexibility index (Phi) is 3.89. The van der Waals surface area contributed by atoms with E-state index in [0.717, 1.165) is 59.3 Å². The highest BCUT2D eigenvalue weighted by Crippen LogP contribution is 2.32. The highest BCUT2D eigenvalue weighted by molar-refractivity contribution is 7.16. The number of aromatic nitrogens is 6. The summed E-state index contributed by atoms with van der Waals surface area (Å²) in [5, 5.41) is 16.7. The molecule has 4 aromatic rings. The van der Waals surface area contributed by atoms with Gasteiger partial charge in [0, 0.05) is 33.1 Å². The molecular formula is C18H20N8S. The van der Waals surface area contributed by atoms with Crippen molar-refractivity contribution >= 4 is 38.8 Å². The van der Waals surface area contributed by atoms with Crippen LogP contribution in [0.4, 0.5) is 11.6 Å². The Morgan fingerprint density at radius 1 is 1.07 bits per heavy atom. The molecule has 9 heteroatoms. The highest BCUT2D eigenvalue weighted by atomic mass is 32.1. The summed E-state index contributed by atoms with van der Waals surface area (Å²) in [6.45, 7) is 1.88. The van der Waals surface area contributed by atoms with Crippen LogP contribution in [0.2, 0.25) is 0 Å². The lowest BCUT2D eigenvalue weighted by atomic mass is 9.96. The molecule has 0 bridgehead atoms. The summed E-state index contributed by atoms with van der Waals surface area (Å²) in [6.07, 6.45) is 3.67. The average Bonchev–Trinajstić information content (AvgIpc) is 3.34. The van der Waals surface area contributed by atoms with Crippen LogP contribution in [0.3, 0.4) is 0 Å².